The third kappa shape index (κ3) is 1.75. The van der Waals surface area contributed by atoms with Gasteiger partial charge in [-0.1, -0.05) is 0 Å². The van der Waals surface area contributed by atoms with Crippen molar-refractivity contribution in [1.29, 1.82) is 0 Å². The molecule has 0 aliphatic carbocycles. The number of ether oxygens (including phenoxy) is 1. The number of hydrogen-bond donors (Lipinski definition) is 1. The van der Waals surface area contributed by atoms with Crippen LogP contribution in [0.5, 0.6) is 0 Å². The van der Waals surface area contributed by atoms with Crippen molar-refractivity contribution in [3.05, 3.63) is 0 Å². The van der Waals surface area contributed by atoms with Gasteiger partial charge in [0.25, 0.3) is 0 Å². The van der Waals surface area contributed by atoms with Crippen molar-refractivity contribution in [2.45, 2.75) is 12.5 Å². The molecule has 0 radical (unpaired) electrons. The van der Waals surface area contributed by atoms with Gasteiger partial charge < -0.3 is 4.74 Å². The first-order valence-electron chi connectivity index (χ1n) is 3.03. The molecule has 1 fully saturated rings. The normalized spacial score (nSPS) is 25.2. The summed E-state index contributed by atoms with van der Waals surface area (Å²) < 4.78 is 14.6. The van der Waals surface area contributed by atoms with E-state index in [1.54, 1.807) is 0 Å². The van der Waals surface area contributed by atoms with E-state index in [1.165, 1.54) is 0 Å². The molecule has 5 heteroatoms. The molecule has 4 nitrogen and oxygen atoms in total. The number of esters is 1. The molecule has 0 aromatic heterocycles. The topological polar surface area (TPSA) is 55.4 Å². The van der Waals surface area contributed by atoms with Gasteiger partial charge in [-0.2, -0.15) is 0 Å². The van der Waals surface area contributed by atoms with Gasteiger partial charge >= 0.3 is 5.97 Å². The maximum Gasteiger partial charge on any atom is 0.324 e. The van der Waals surface area contributed by atoms with Crippen molar-refractivity contribution < 1.29 is 14.1 Å². The minimum atomic E-state index is -0.235. The van der Waals surface area contributed by atoms with Gasteiger partial charge in [-0.3, -0.25) is 14.7 Å². The summed E-state index contributed by atoms with van der Waals surface area (Å²) in [5, 5.41) is 2.83. The van der Waals surface area contributed by atoms with Crippen molar-refractivity contribution in [2.75, 3.05) is 12.9 Å². The molecular weight excluding hydrogens is 153 g/mol. The molecule has 1 aliphatic rings. The number of carbonyl (C=O) groups excluding carboxylic acids is 1. The average molecular weight is 161 g/mol. The number of rotatable bonds is 3. The van der Waals surface area contributed by atoms with Crippen molar-refractivity contribution in [3.63, 3.8) is 0 Å². The second-order valence-corrected chi connectivity index (χ2v) is 2.71. The zero-order valence-electron chi connectivity index (χ0n) is 5.37. The first kappa shape index (κ1) is 7.63. The van der Waals surface area contributed by atoms with Gasteiger partial charge in [0.2, 0.25) is 0 Å². The summed E-state index contributed by atoms with van der Waals surface area (Å²) in [6, 6.07) is -0.235. The Bertz CT molecular complexity index is 150. The predicted octanol–water partition coefficient (Wildman–Crippen LogP) is 0.141. The van der Waals surface area contributed by atoms with Crippen LogP contribution in [0.2, 0.25) is 0 Å². The van der Waals surface area contributed by atoms with Crippen LogP contribution in [0.3, 0.4) is 0 Å². The average Bonchev–Trinajstić information content (AvgIpc) is 2.31. The first-order chi connectivity index (χ1) is 4.84. The Balaban J connectivity index is 2.26. The van der Waals surface area contributed by atoms with E-state index in [0.717, 1.165) is 0 Å². The fourth-order valence-corrected chi connectivity index (χ4v) is 1.16. The van der Waals surface area contributed by atoms with Gasteiger partial charge in [0.1, 0.15) is 12.8 Å². The van der Waals surface area contributed by atoms with E-state index in [9.17, 15) is 9.36 Å². The maximum absolute atomic E-state index is 10.7. The van der Waals surface area contributed by atoms with Gasteiger partial charge in [0.15, 0.2) is 8.46 Å². The molecule has 1 saturated heterocycles. The molecule has 1 N–H and O–H groups in total. The van der Waals surface area contributed by atoms with Crippen LogP contribution in [-0.2, 0) is 14.1 Å². The lowest BCUT2D eigenvalue weighted by molar-refractivity contribution is -0.139. The highest BCUT2D eigenvalue weighted by atomic mass is 31.1. The molecule has 1 heterocycles. The number of nitrogens with one attached hydrogen (secondary N) is 1. The van der Waals surface area contributed by atoms with Gasteiger partial charge in [0.05, 0.1) is 0 Å². The summed E-state index contributed by atoms with van der Waals surface area (Å²) in [6.07, 6.45) is 1.09. The largest absolute Gasteiger partial charge is 0.449 e. The van der Waals surface area contributed by atoms with Crippen molar-refractivity contribution in [3.8, 4) is 0 Å². The van der Waals surface area contributed by atoms with E-state index in [4.69, 9.17) is 0 Å². The minimum Gasteiger partial charge on any atom is -0.449 e. The fraction of sp³-hybridized carbons (Fsp3) is 0.800. The van der Waals surface area contributed by atoms with Gasteiger partial charge in [0, 0.05) is 6.16 Å². The van der Waals surface area contributed by atoms with Gasteiger partial charge in [-0.05, 0) is 6.42 Å². The molecular formula is C5H8NO3P. The molecule has 0 aromatic carbocycles. The lowest BCUT2D eigenvalue weighted by Crippen LogP contribution is -2.27. The Hall–Kier alpha value is -0.470. The summed E-state index contributed by atoms with van der Waals surface area (Å²) in [5.41, 5.74) is 0. The lowest BCUT2D eigenvalue weighted by atomic mass is 10.2. The van der Waals surface area contributed by atoms with E-state index in [1.807, 2.05) is 0 Å². The second-order valence-electron chi connectivity index (χ2n) is 2.01. The van der Waals surface area contributed by atoms with E-state index in [-0.39, 0.29) is 20.5 Å². The zero-order valence-corrected chi connectivity index (χ0v) is 6.27. The number of carbonyl (C=O) groups is 1. The monoisotopic (exact) mass is 161 g/mol. The molecule has 56 valence electrons. The molecule has 1 rings (SSSR count). The SMILES string of the molecule is O=PCCC1NCOC1=O. The van der Waals surface area contributed by atoms with Crippen molar-refractivity contribution >= 4 is 14.4 Å². The van der Waals surface area contributed by atoms with E-state index >= 15 is 0 Å². The molecule has 0 spiro atoms. The van der Waals surface area contributed by atoms with Crippen LogP contribution in [0.25, 0.3) is 0 Å². The smallest absolute Gasteiger partial charge is 0.324 e. The van der Waals surface area contributed by atoms with Crippen LogP contribution in [0, 0.1) is 0 Å². The van der Waals surface area contributed by atoms with Gasteiger partial charge in [-0.15, -0.1) is 0 Å². The maximum atomic E-state index is 10.7. The fourth-order valence-electron chi connectivity index (χ4n) is 0.799. The molecule has 1 unspecified atom stereocenters. The Morgan fingerprint density at radius 3 is 3.10 bits per heavy atom. The highest BCUT2D eigenvalue weighted by Gasteiger charge is 2.24. The molecule has 1 atom stereocenters. The summed E-state index contributed by atoms with van der Waals surface area (Å²) in [6.45, 7) is 0.291. The minimum absolute atomic E-state index is 0.0845. The highest BCUT2D eigenvalue weighted by Crippen LogP contribution is 2.05. The van der Waals surface area contributed by atoms with Crippen LogP contribution in [0.1, 0.15) is 6.42 Å². The Morgan fingerprint density at radius 1 is 1.80 bits per heavy atom. The summed E-state index contributed by atoms with van der Waals surface area (Å²) in [4.78, 5) is 10.7. The van der Waals surface area contributed by atoms with Crippen molar-refractivity contribution in [1.82, 2.24) is 5.32 Å². The molecule has 0 bridgehead atoms. The molecule has 1 aliphatic heterocycles. The van der Waals surface area contributed by atoms with Crippen LogP contribution in [-0.4, -0.2) is 24.9 Å². The molecule has 0 aromatic rings. The van der Waals surface area contributed by atoms with Crippen LogP contribution >= 0.6 is 8.46 Å². The number of cyclic esters (lactones) is 1. The Labute approximate surface area is 60.1 Å². The van der Waals surface area contributed by atoms with Crippen molar-refractivity contribution in [2.24, 2.45) is 0 Å². The summed E-state index contributed by atoms with van der Waals surface area (Å²) in [7, 11) is 0.0845. The standard InChI is InChI=1S/C5H8NO3P/c7-5-4(1-2-10-8)6-3-9-5/h4,6H,1-3H2. The molecule has 10 heavy (non-hydrogen) atoms. The summed E-state index contributed by atoms with van der Waals surface area (Å²) >= 11 is 0. The molecule has 0 amide bonds. The van der Waals surface area contributed by atoms with E-state index in [0.29, 0.717) is 19.3 Å². The predicted molar refractivity (Wildman–Crippen MR) is 35.0 cm³/mol. The Morgan fingerprint density at radius 2 is 2.60 bits per heavy atom. The van der Waals surface area contributed by atoms with Crippen LogP contribution in [0.15, 0.2) is 0 Å². The van der Waals surface area contributed by atoms with Crippen LogP contribution < -0.4 is 5.32 Å². The summed E-state index contributed by atoms with van der Waals surface area (Å²) in [5.74, 6) is -0.233. The van der Waals surface area contributed by atoms with E-state index < -0.39 is 0 Å². The Kier molecular flexibility index (Phi) is 2.78. The third-order valence-corrected chi connectivity index (χ3v) is 1.78. The molecule has 0 saturated carbocycles. The highest BCUT2D eigenvalue weighted by molar-refractivity contribution is 7.23. The van der Waals surface area contributed by atoms with Gasteiger partial charge in [-0.25, -0.2) is 0 Å². The first-order valence-corrected chi connectivity index (χ1v) is 4.03. The zero-order chi connectivity index (χ0) is 7.40. The third-order valence-electron chi connectivity index (χ3n) is 1.34. The quantitative estimate of drug-likeness (QED) is 0.472. The second kappa shape index (κ2) is 3.64. The van der Waals surface area contributed by atoms with Crippen LogP contribution in [0.4, 0.5) is 0 Å². The number of hydrogen-bond acceptors (Lipinski definition) is 4. The lowest BCUT2D eigenvalue weighted by Gasteiger charge is -1.99. The van der Waals surface area contributed by atoms with E-state index in [2.05, 4.69) is 10.1 Å².